The Hall–Kier alpha value is -1.43. The van der Waals surface area contributed by atoms with Crippen LogP contribution in [0.15, 0.2) is 47.4 Å². The third-order valence-corrected chi connectivity index (χ3v) is 6.27. The summed E-state index contributed by atoms with van der Waals surface area (Å²) in [4.78, 5) is 0.427. The lowest BCUT2D eigenvalue weighted by Gasteiger charge is -2.32. The lowest BCUT2D eigenvalue weighted by atomic mass is 10.00. The van der Waals surface area contributed by atoms with Crippen molar-refractivity contribution in [3.8, 4) is 0 Å². The maximum atomic E-state index is 13.1. The Bertz CT molecular complexity index is 751. The van der Waals surface area contributed by atoms with Crippen molar-refractivity contribution in [1.82, 2.24) is 9.62 Å². The predicted octanol–water partition coefficient (Wildman–Crippen LogP) is 2.46. The highest BCUT2D eigenvalue weighted by molar-refractivity contribution is 7.89. The zero-order valence-corrected chi connectivity index (χ0v) is 13.6. The van der Waals surface area contributed by atoms with Gasteiger partial charge in [0.2, 0.25) is 10.0 Å². The van der Waals surface area contributed by atoms with Gasteiger partial charge in [-0.15, -0.1) is 0 Å². The first kappa shape index (κ1) is 15.5. The van der Waals surface area contributed by atoms with Gasteiger partial charge in [0.1, 0.15) is 0 Å². The molecule has 1 saturated heterocycles. The highest BCUT2D eigenvalue weighted by atomic mass is 32.2. The van der Waals surface area contributed by atoms with Gasteiger partial charge in [-0.2, -0.15) is 4.31 Å². The van der Waals surface area contributed by atoms with Crippen LogP contribution in [0.25, 0.3) is 10.8 Å². The quantitative estimate of drug-likeness (QED) is 0.942. The lowest BCUT2D eigenvalue weighted by molar-refractivity contribution is 0.263. The molecule has 1 aliphatic rings. The molecule has 0 aliphatic carbocycles. The molecule has 0 bridgehead atoms. The summed E-state index contributed by atoms with van der Waals surface area (Å²) >= 11 is 0. The van der Waals surface area contributed by atoms with Crippen LogP contribution < -0.4 is 5.32 Å². The molecule has 0 radical (unpaired) electrons. The van der Waals surface area contributed by atoms with Crippen molar-refractivity contribution in [2.45, 2.75) is 17.7 Å². The van der Waals surface area contributed by atoms with Gasteiger partial charge in [0, 0.05) is 18.5 Å². The molecular weight excluding hydrogens is 296 g/mol. The van der Waals surface area contributed by atoms with Crippen molar-refractivity contribution >= 4 is 20.8 Å². The van der Waals surface area contributed by atoms with Crippen molar-refractivity contribution in [3.05, 3.63) is 42.5 Å². The number of nitrogens with one attached hydrogen (secondary N) is 1. The van der Waals surface area contributed by atoms with Crippen LogP contribution in [0, 0.1) is 5.92 Å². The molecule has 1 unspecified atom stereocenters. The molecule has 4 nitrogen and oxygen atoms in total. The fourth-order valence-corrected chi connectivity index (χ4v) is 5.03. The van der Waals surface area contributed by atoms with Crippen molar-refractivity contribution in [3.63, 3.8) is 0 Å². The molecule has 118 valence electrons. The molecule has 2 aromatic carbocycles. The van der Waals surface area contributed by atoms with Crippen LogP contribution in [0.5, 0.6) is 0 Å². The number of piperidine rings is 1. The van der Waals surface area contributed by atoms with Crippen molar-refractivity contribution in [1.29, 1.82) is 0 Å². The van der Waals surface area contributed by atoms with Crippen LogP contribution in [0.2, 0.25) is 0 Å². The summed E-state index contributed by atoms with van der Waals surface area (Å²) in [6.07, 6.45) is 2.01. The largest absolute Gasteiger partial charge is 0.319 e. The average molecular weight is 318 g/mol. The first-order valence-electron chi connectivity index (χ1n) is 7.75. The van der Waals surface area contributed by atoms with Gasteiger partial charge in [0.15, 0.2) is 0 Å². The first-order valence-corrected chi connectivity index (χ1v) is 9.19. The van der Waals surface area contributed by atoms with Gasteiger partial charge >= 0.3 is 0 Å². The normalized spacial score (nSPS) is 20.3. The van der Waals surface area contributed by atoms with Gasteiger partial charge in [0.05, 0.1) is 4.90 Å². The molecule has 2 aromatic rings. The van der Waals surface area contributed by atoms with Crippen molar-refractivity contribution in [2.75, 3.05) is 26.7 Å². The van der Waals surface area contributed by atoms with Gasteiger partial charge in [-0.3, -0.25) is 0 Å². The van der Waals surface area contributed by atoms with Crippen LogP contribution >= 0.6 is 0 Å². The molecular formula is C17H22N2O2S. The summed E-state index contributed by atoms with van der Waals surface area (Å²) in [5.74, 6) is 0.392. The molecule has 3 rings (SSSR count). The molecule has 5 heteroatoms. The molecule has 0 spiro atoms. The third-order valence-electron chi connectivity index (χ3n) is 4.34. The molecule has 1 fully saturated rings. The smallest absolute Gasteiger partial charge is 0.243 e. The fraction of sp³-hybridized carbons (Fsp3) is 0.412. The van der Waals surface area contributed by atoms with Crippen molar-refractivity contribution < 1.29 is 8.42 Å². The number of rotatable bonds is 4. The van der Waals surface area contributed by atoms with E-state index in [1.807, 2.05) is 43.4 Å². The van der Waals surface area contributed by atoms with E-state index in [0.717, 1.165) is 30.2 Å². The van der Waals surface area contributed by atoms with E-state index in [1.165, 1.54) is 0 Å². The predicted molar refractivity (Wildman–Crippen MR) is 89.4 cm³/mol. The van der Waals surface area contributed by atoms with Crippen LogP contribution in [0.4, 0.5) is 0 Å². The van der Waals surface area contributed by atoms with Crippen LogP contribution in [0.1, 0.15) is 12.8 Å². The minimum absolute atomic E-state index is 0.392. The van der Waals surface area contributed by atoms with Crippen LogP contribution in [0.3, 0.4) is 0 Å². The van der Waals surface area contributed by atoms with E-state index in [9.17, 15) is 8.42 Å². The van der Waals surface area contributed by atoms with E-state index in [1.54, 1.807) is 10.4 Å². The molecule has 1 heterocycles. The van der Waals surface area contributed by atoms with E-state index in [4.69, 9.17) is 0 Å². The Balaban J connectivity index is 1.98. The first-order chi connectivity index (χ1) is 10.6. The molecule has 1 N–H and O–H groups in total. The second kappa shape index (κ2) is 6.36. The van der Waals surface area contributed by atoms with Crippen LogP contribution in [-0.4, -0.2) is 39.4 Å². The summed E-state index contributed by atoms with van der Waals surface area (Å²) in [6, 6.07) is 13.2. The van der Waals surface area contributed by atoms with Gasteiger partial charge in [-0.25, -0.2) is 8.42 Å². The monoisotopic (exact) mass is 318 g/mol. The van der Waals surface area contributed by atoms with Gasteiger partial charge in [0.25, 0.3) is 0 Å². The summed E-state index contributed by atoms with van der Waals surface area (Å²) < 4.78 is 27.8. The Morgan fingerprint density at radius 1 is 1.18 bits per heavy atom. The zero-order chi connectivity index (χ0) is 15.6. The number of nitrogens with zero attached hydrogens (tertiary/aromatic N) is 1. The van der Waals surface area contributed by atoms with E-state index in [2.05, 4.69) is 5.32 Å². The Morgan fingerprint density at radius 2 is 1.95 bits per heavy atom. The highest BCUT2D eigenvalue weighted by Crippen LogP contribution is 2.28. The Kier molecular flexibility index (Phi) is 4.47. The average Bonchev–Trinajstić information content (AvgIpc) is 2.55. The minimum atomic E-state index is -3.43. The number of sulfonamides is 1. The standard InChI is InChI=1S/C17H22N2O2S/c1-18-12-14-6-5-11-19(13-14)22(20,21)17-10-4-8-15-7-2-3-9-16(15)17/h2-4,7-10,14,18H,5-6,11-13H2,1H3. The van der Waals surface area contributed by atoms with Gasteiger partial charge < -0.3 is 5.32 Å². The van der Waals surface area contributed by atoms with Gasteiger partial charge in [-0.05, 0) is 43.8 Å². The number of hydrogen-bond donors (Lipinski definition) is 1. The molecule has 0 amide bonds. The van der Waals surface area contributed by atoms with Crippen molar-refractivity contribution in [2.24, 2.45) is 5.92 Å². The maximum Gasteiger partial charge on any atom is 0.243 e. The summed E-state index contributed by atoms with van der Waals surface area (Å²) in [7, 11) is -1.52. The number of fused-ring (bicyclic) bond motifs is 1. The van der Waals surface area contributed by atoms with E-state index < -0.39 is 10.0 Å². The molecule has 0 saturated carbocycles. The fourth-order valence-electron chi connectivity index (χ4n) is 3.26. The second-order valence-corrected chi connectivity index (χ2v) is 7.81. The highest BCUT2D eigenvalue weighted by Gasteiger charge is 2.30. The van der Waals surface area contributed by atoms with Crippen LogP contribution in [-0.2, 0) is 10.0 Å². The minimum Gasteiger partial charge on any atom is -0.319 e. The second-order valence-electron chi connectivity index (χ2n) is 5.91. The van der Waals surface area contributed by atoms with E-state index >= 15 is 0 Å². The summed E-state index contributed by atoms with van der Waals surface area (Å²) in [5, 5.41) is 4.93. The Labute approximate surface area is 132 Å². The van der Waals surface area contributed by atoms with Gasteiger partial charge in [-0.1, -0.05) is 36.4 Å². The molecule has 22 heavy (non-hydrogen) atoms. The summed E-state index contributed by atoms with van der Waals surface area (Å²) in [6.45, 7) is 2.08. The zero-order valence-electron chi connectivity index (χ0n) is 12.8. The van der Waals surface area contributed by atoms with E-state index in [0.29, 0.717) is 23.9 Å². The topological polar surface area (TPSA) is 49.4 Å². The van der Waals surface area contributed by atoms with E-state index in [-0.39, 0.29) is 0 Å². The third kappa shape index (κ3) is 2.89. The summed E-state index contributed by atoms with van der Waals surface area (Å²) in [5.41, 5.74) is 0. The Morgan fingerprint density at radius 3 is 2.77 bits per heavy atom. The number of benzene rings is 2. The molecule has 0 aromatic heterocycles. The number of hydrogen-bond acceptors (Lipinski definition) is 3. The molecule has 1 atom stereocenters. The molecule has 1 aliphatic heterocycles. The lowest BCUT2D eigenvalue weighted by Crippen LogP contribution is -2.42. The SMILES string of the molecule is CNCC1CCCN(S(=O)(=O)c2cccc3ccccc23)C1. The maximum absolute atomic E-state index is 13.1.